The van der Waals surface area contributed by atoms with Gasteiger partial charge in [0.25, 0.3) is 0 Å². The smallest absolute Gasteiger partial charge is 0.306 e. The third-order valence-electron chi connectivity index (χ3n) is 4.85. The van der Waals surface area contributed by atoms with Gasteiger partial charge in [-0.15, -0.1) is 0 Å². The minimum Gasteiger partial charge on any atom is -0.461 e. The molecule has 1 fully saturated rings. The lowest BCUT2D eigenvalue weighted by Crippen LogP contribution is -2.42. The Bertz CT molecular complexity index is 635. The number of ether oxygens (including phenoxy) is 1. The predicted molar refractivity (Wildman–Crippen MR) is 120 cm³/mol. The van der Waals surface area contributed by atoms with Gasteiger partial charge in [0.2, 0.25) is 7.37 Å². The maximum atomic E-state index is 13.4. The molecule has 1 aliphatic heterocycles. The second kappa shape index (κ2) is 14.7. The summed E-state index contributed by atoms with van der Waals surface area (Å²) in [6.07, 6.45) is 0.657. The Morgan fingerprint density at radius 3 is 2.20 bits per heavy atom. The van der Waals surface area contributed by atoms with E-state index >= 15 is 0 Å². The summed E-state index contributed by atoms with van der Waals surface area (Å²) in [6.45, 7) is 9.35. The van der Waals surface area contributed by atoms with Crippen molar-refractivity contribution < 1.29 is 18.6 Å². The first-order valence-electron chi connectivity index (χ1n) is 10.9. The van der Waals surface area contributed by atoms with Gasteiger partial charge in [0.05, 0.1) is 19.3 Å². The molecule has 0 aromatic heterocycles. The average Bonchev–Trinajstić information content (AvgIpc) is 2.74. The Hall–Kier alpha value is -1.28. The first-order chi connectivity index (χ1) is 14.6. The molecule has 2 rings (SSSR count). The molecule has 30 heavy (non-hydrogen) atoms. The lowest BCUT2D eigenvalue weighted by atomic mass is 10.2. The molecule has 3 N–H and O–H groups in total. The molecule has 0 amide bonds. The van der Waals surface area contributed by atoms with Crippen LogP contribution < -0.4 is 16.0 Å². The first kappa shape index (κ1) is 25.0. The SMILES string of the molecule is CCOP(=O)(CCC(=O)OCc1ccccc1)CN1CCNCCNCCNCC1. The lowest BCUT2D eigenvalue weighted by molar-refractivity contribution is -0.144. The van der Waals surface area contributed by atoms with Gasteiger partial charge in [-0.25, -0.2) is 0 Å². The molecule has 0 radical (unpaired) electrons. The zero-order chi connectivity index (χ0) is 21.5. The van der Waals surface area contributed by atoms with E-state index in [2.05, 4.69) is 20.9 Å². The standard InChI is InChI=1S/C21H37N4O4P/c1-2-29-30(27,17-8-21(26)28-18-20-6-4-3-5-7-20)19-25-15-13-23-11-9-22-10-12-24-14-16-25/h3-7,22-24H,2,8-19H2,1H3. The molecule has 1 unspecified atom stereocenters. The molecule has 1 aliphatic rings. The summed E-state index contributed by atoms with van der Waals surface area (Å²) in [5, 5.41) is 10.2. The highest BCUT2D eigenvalue weighted by molar-refractivity contribution is 7.58. The fourth-order valence-electron chi connectivity index (χ4n) is 3.24. The number of nitrogens with zero attached hydrogens (tertiary/aromatic N) is 1. The van der Waals surface area contributed by atoms with E-state index in [1.54, 1.807) is 0 Å². The zero-order valence-electron chi connectivity index (χ0n) is 18.1. The largest absolute Gasteiger partial charge is 0.461 e. The molecule has 8 nitrogen and oxygen atoms in total. The van der Waals surface area contributed by atoms with E-state index in [1.807, 2.05) is 37.3 Å². The Labute approximate surface area is 180 Å². The maximum Gasteiger partial charge on any atom is 0.306 e. The quantitative estimate of drug-likeness (QED) is 0.393. The molecule has 1 saturated heterocycles. The zero-order valence-corrected chi connectivity index (χ0v) is 19.0. The number of carbonyl (C=O) groups excluding carboxylic acids is 1. The van der Waals surface area contributed by atoms with Crippen molar-refractivity contribution in [1.29, 1.82) is 0 Å². The summed E-state index contributed by atoms with van der Waals surface area (Å²) in [7, 11) is -2.96. The molecule has 1 heterocycles. The van der Waals surface area contributed by atoms with Gasteiger partial charge in [-0.2, -0.15) is 0 Å². The van der Waals surface area contributed by atoms with Crippen LogP contribution in [-0.2, 0) is 25.2 Å². The summed E-state index contributed by atoms with van der Waals surface area (Å²) in [4.78, 5) is 14.3. The number of carbonyl (C=O) groups is 1. The minimum absolute atomic E-state index is 0.0973. The van der Waals surface area contributed by atoms with Crippen molar-refractivity contribution in [3.63, 3.8) is 0 Å². The van der Waals surface area contributed by atoms with E-state index in [1.165, 1.54) is 0 Å². The lowest BCUT2D eigenvalue weighted by Gasteiger charge is -2.28. The number of rotatable bonds is 9. The van der Waals surface area contributed by atoms with Crippen LogP contribution in [0.5, 0.6) is 0 Å². The van der Waals surface area contributed by atoms with Crippen LogP contribution in [0.2, 0.25) is 0 Å². The van der Waals surface area contributed by atoms with Gasteiger partial charge in [0.1, 0.15) is 6.61 Å². The van der Waals surface area contributed by atoms with Gasteiger partial charge in [0.15, 0.2) is 0 Å². The summed E-state index contributed by atoms with van der Waals surface area (Å²) in [6, 6.07) is 9.55. The topological polar surface area (TPSA) is 91.9 Å². The van der Waals surface area contributed by atoms with E-state index in [0.29, 0.717) is 12.9 Å². The molecule has 0 spiro atoms. The van der Waals surface area contributed by atoms with E-state index in [0.717, 1.165) is 57.9 Å². The van der Waals surface area contributed by atoms with Gasteiger partial charge >= 0.3 is 5.97 Å². The fraction of sp³-hybridized carbons (Fsp3) is 0.667. The Kier molecular flexibility index (Phi) is 12.2. The number of hydrogen-bond donors (Lipinski definition) is 3. The van der Waals surface area contributed by atoms with Gasteiger partial charge in [-0.05, 0) is 12.5 Å². The Morgan fingerprint density at radius 2 is 1.60 bits per heavy atom. The fourth-order valence-corrected chi connectivity index (χ4v) is 5.48. The predicted octanol–water partition coefficient (Wildman–Crippen LogP) is 1.48. The summed E-state index contributed by atoms with van der Waals surface area (Å²) >= 11 is 0. The van der Waals surface area contributed by atoms with Crippen molar-refractivity contribution in [3.05, 3.63) is 35.9 Å². The molecular formula is C21H37N4O4P. The third-order valence-corrected chi connectivity index (χ3v) is 7.31. The first-order valence-corrected chi connectivity index (χ1v) is 12.9. The molecule has 170 valence electrons. The number of hydrogen-bond acceptors (Lipinski definition) is 8. The highest BCUT2D eigenvalue weighted by Crippen LogP contribution is 2.47. The van der Waals surface area contributed by atoms with Crippen molar-refractivity contribution in [1.82, 2.24) is 20.9 Å². The highest BCUT2D eigenvalue weighted by atomic mass is 31.2. The van der Waals surface area contributed by atoms with Crippen LogP contribution in [0.25, 0.3) is 0 Å². The second-order valence-corrected chi connectivity index (χ2v) is 9.98. The van der Waals surface area contributed by atoms with Crippen LogP contribution in [0.15, 0.2) is 30.3 Å². The van der Waals surface area contributed by atoms with Gasteiger partial charge in [0, 0.05) is 58.5 Å². The molecule has 0 bridgehead atoms. The van der Waals surface area contributed by atoms with Crippen LogP contribution >= 0.6 is 7.37 Å². The number of esters is 1. The van der Waals surface area contributed by atoms with Crippen LogP contribution in [0, 0.1) is 0 Å². The number of nitrogens with one attached hydrogen (secondary N) is 3. The third kappa shape index (κ3) is 10.7. The second-order valence-electron chi connectivity index (χ2n) is 7.36. The van der Waals surface area contributed by atoms with Crippen molar-refractivity contribution in [2.45, 2.75) is 20.0 Å². The number of benzene rings is 1. The van der Waals surface area contributed by atoms with Crippen LogP contribution in [0.1, 0.15) is 18.9 Å². The van der Waals surface area contributed by atoms with Crippen molar-refractivity contribution in [2.24, 2.45) is 0 Å². The van der Waals surface area contributed by atoms with Gasteiger partial charge < -0.3 is 25.2 Å². The normalized spacial score (nSPS) is 19.2. The summed E-state index contributed by atoms with van der Waals surface area (Å²) in [5.74, 6) is -0.344. The molecule has 0 aliphatic carbocycles. The average molecular weight is 441 g/mol. The summed E-state index contributed by atoms with van der Waals surface area (Å²) in [5.41, 5.74) is 0.938. The van der Waals surface area contributed by atoms with E-state index in [9.17, 15) is 9.36 Å². The van der Waals surface area contributed by atoms with Gasteiger partial charge in [-0.1, -0.05) is 30.3 Å². The van der Waals surface area contributed by atoms with Crippen molar-refractivity contribution in [3.8, 4) is 0 Å². The summed E-state index contributed by atoms with van der Waals surface area (Å²) < 4.78 is 24.4. The maximum absolute atomic E-state index is 13.4. The monoisotopic (exact) mass is 440 g/mol. The molecule has 1 atom stereocenters. The Balaban J connectivity index is 1.83. The van der Waals surface area contributed by atoms with Crippen molar-refractivity contribution >= 4 is 13.3 Å². The molecule has 1 aromatic carbocycles. The van der Waals surface area contributed by atoms with Crippen LogP contribution in [0.4, 0.5) is 0 Å². The Morgan fingerprint density at radius 1 is 1.00 bits per heavy atom. The molecule has 1 aromatic rings. The molecular weight excluding hydrogens is 403 g/mol. The van der Waals surface area contributed by atoms with Crippen LogP contribution in [0.3, 0.4) is 0 Å². The molecule has 0 saturated carbocycles. The van der Waals surface area contributed by atoms with Crippen LogP contribution in [-0.4, -0.2) is 82.3 Å². The van der Waals surface area contributed by atoms with E-state index in [4.69, 9.17) is 9.26 Å². The van der Waals surface area contributed by atoms with Gasteiger partial charge in [-0.3, -0.25) is 14.3 Å². The van der Waals surface area contributed by atoms with E-state index in [-0.39, 0.29) is 25.2 Å². The molecule has 9 heteroatoms. The highest BCUT2D eigenvalue weighted by Gasteiger charge is 2.27. The minimum atomic E-state index is -2.96. The van der Waals surface area contributed by atoms with E-state index < -0.39 is 7.37 Å². The van der Waals surface area contributed by atoms with Crippen molar-refractivity contribution in [2.75, 3.05) is 71.4 Å².